The van der Waals surface area contributed by atoms with Crippen molar-refractivity contribution in [3.63, 3.8) is 0 Å². The van der Waals surface area contributed by atoms with Crippen molar-refractivity contribution in [2.24, 2.45) is 0 Å². The van der Waals surface area contributed by atoms with Crippen molar-refractivity contribution in [3.8, 4) is 17.0 Å². The summed E-state index contributed by atoms with van der Waals surface area (Å²) in [5.41, 5.74) is 3.95. The van der Waals surface area contributed by atoms with Crippen LogP contribution in [0.3, 0.4) is 0 Å². The lowest BCUT2D eigenvalue weighted by atomic mass is 10.1. The van der Waals surface area contributed by atoms with Gasteiger partial charge in [0.25, 0.3) is 0 Å². The highest BCUT2D eigenvalue weighted by Gasteiger charge is 2.24. The van der Waals surface area contributed by atoms with E-state index in [1.165, 1.54) is 11.3 Å². The van der Waals surface area contributed by atoms with Crippen LogP contribution in [0.1, 0.15) is 12.6 Å². The first-order valence-corrected chi connectivity index (χ1v) is 10.2. The van der Waals surface area contributed by atoms with Crippen LogP contribution in [0.2, 0.25) is 0 Å². The topological polar surface area (TPSA) is 79.5 Å². The van der Waals surface area contributed by atoms with Crippen LogP contribution in [0.4, 0.5) is 5.13 Å². The minimum Gasteiger partial charge on any atom is -0.497 e. The second-order valence-electron chi connectivity index (χ2n) is 6.89. The molecule has 0 bridgehead atoms. The molecule has 1 amide bonds. The van der Waals surface area contributed by atoms with Crippen molar-refractivity contribution >= 4 is 33.3 Å². The zero-order chi connectivity index (χ0) is 19.7. The Morgan fingerprint density at radius 3 is 2.93 bits per heavy atom. The van der Waals surface area contributed by atoms with Crippen LogP contribution in [0.25, 0.3) is 22.2 Å². The fourth-order valence-electron chi connectivity index (χ4n) is 3.55. The maximum Gasteiger partial charge on any atom is 0.243 e. The van der Waals surface area contributed by atoms with Crippen molar-refractivity contribution in [2.75, 3.05) is 38.7 Å². The van der Waals surface area contributed by atoms with Gasteiger partial charge in [0.1, 0.15) is 5.75 Å². The number of thiazole rings is 1. The Bertz CT molecular complexity index is 991. The van der Waals surface area contributed by atoms with Crippen molar-refractivity contribution < 1.29 is 14.3 Å². The first-order chi connectivity index (χ1) is 13.6. The molecule has 1 atom stereocenters. The molecule has 8 heteroatoms. The van der Waals surface area contributed by atoms with Gasteiger partial charge in [0, 0.05) is 40.6 Å². The summed E-state index contributed by atoms with van der Waals surface area (Å²) < 4.78 is 10.7. The number of carbonyl (C=O) groups is 1. The predicted molar refractivity (Wildman–Crippen MR) is 111 cm³/mol. The molecule has 28 heavy (non-hydrogen) atoms. The molecule has 0 saturated carbocycles. The third-order valence-corrected chi connectivity index (χ3v) is 5.91. The molecule has 0 spiro atoms. The minimum atomic E-state index is -0.213. The first-order valence-electron chi connectivity index (χ1n) is 9.31. The van der Waals surface area contributed by atoms with Gasteiger partial charge in [-0.15, -0.1) is 11.3 Å². The van der Waals surface area contributed by atoms with E-state index in [1.807, 2.05) is 37.4 Å². The number of rotatable bonds is 5. The van der Waals surface area contributed by atoms with Crippen LogP contribution >= 0.6 is 11.3 Å². The van der Waals surface area contributed by atoms with E-state index in [0.29, 0.717) is 18.3 Å². The first kappa shape index (κ1) is 18.9. The van der Waals surface area contributed by atoms with Gasteiger partial charge in [-0.3, -0.25) is 9.69 Å². The number of morpholine rings is 1. The average molecular weight is 401 g/mol. The number of methoxy groups -OCH3 is 1. The molecule has 0 aliphatic carbocycles. The number of aromatic amines is 1. The van der Waals surface area contributed by atoms with Gasteiger partial charge >= 0.3 is 0 Å². The van der Waals surface area contributed by atoms with Crippen LogP contribution < -0.4 is 10.1 Å². The third kappa shape index (κ3) is 3.63. The Morgan fingerprint density at radius 1 is 1.39 bits per heavy atom. The van der Waals surface area contributed by atoms with E-state index >= 15 is 0 Å². The lowest BCUT2D eigenvalue weighted by Crippen LogP contribution is -2.47. The van der Waals surface area contributed by atoms with Crippen LogP contribution in [0, 0.1) is 6.92 Å². The van der Waals surface area contributed by atoms with Crippen molar-refractivity contribution in [1.29, 1.82) is 0 Å². The number of H-pyrrole nitrogens is 1. The zero-order valence-electron chi connectivity index (χ0n) is 16.2. The third-order valence-electron chi connectivity index (χ3n) is 5.16. The lowest BCUT2D eigenvalue weighted by molar-refractivity contribution is -0.122. The summed E-state index contributed by atoms with van der Waals surface area (Å²) in [5.74, 6) is 0.760. The molecule has 148 valence electrons. The molecule has 3 heterocycles. The molecule has 4 rings (SSSR count). The SMILES string of the molecule is COc1ccc2[nH]c(C)c(-c3csc(NC(=O)[C@@H](C)N4CCOCC4)n3)c2c1. The zero-order valence-corrected chi connectivity index (χ0v) is 17.1. The molecule has 1 aliphatic rings. The van der Waals surface area contributed by atoms with Gasteiger partial charge in [-0.2, -0.15) is 0 Å². The fourth-order valence-corrected chi connectivity index (χ4v) is 4.25. The van der Waals surface area contributed by atoms with Gasteiger partial charge in [0.05, 0.1) is 32.1 Å². The van der Waals surface area contributed by atoms with Crippen LogP contribution in [0.15, 0.2) is 23.6 Å². The largest absolute Gasteiger partial charge is 0.497 e. The quantitative estimate of drug-likeness (QED) is 0.687. The fraction of sp³-hybridized carbons (Fsp3) is 0.400. The number of anilines is 1. The summed E-state index contributed by atoms with van der Waals surface area (Å²) in [6.07, 6.45) is 0. The van der Waals surface area contributed by atoms with Gasteiger partial charge in [-0.1, -0.05) is 0 Å². The van der Waals surface area contributed by atoms with E-state index < -0.39 is 0 Å². The number of aryl methyl sites for hydroxylation is 1. The molecular formula is C20H24N4O3S. The number of nitrogens with one attached hydrogen (secondary N) is 2. The van der Waals surface area contributed by atoms with Gasteiger partial charge in [-0.25, -0.2) is 4.98 Å². The average Bonchev–Trinajstić information content (AvgIpc) is 3.30. The van der Waals surface area contributed by atoms with Gasteiger partial charge < -0.3 is 19.8 Å². The van der Waals surface area contributed by atoms with E-state index in [2.05, 4.69) is 20.2 Å². The molecule has 7 nitrogen and oxygen atoms in total. The summed E-state index contributed by atoms with van der Waals surface area (Å²) in [5, 5.41) is 6.60. The van der Waals surface area contributed by atoms with Crippen LogP contribution in [0.5, 0.6) is 5.75 Å². The second kappa shape index (κ2) is 7.90. The molecule has 1 saturated heterocycles. The maximum atomic E-state index is 12.6. The molecule has 2 N–H and O–H groups in total. The van der Waals surface area contributed by atoms with Gasteiger partial charge in [0.2, 0.25) is 5.91 Å². The Balaban J connectivity index is 1.55. The van der Waals surface area contributed by atoms with Gasteiger partial charge in [0.15, 0.2) is 5.13 Å². The van der Waals surface area contributed by atoms with E-state index in [4.69, 9.17) is 9.47 Å². The number of nitrogens with zero attached hydrogens (tertiary/aromatic N) is 2. The smallest absolute Gasteiger partial charge is 0.243 e. The second-order valence-corrected chi connectivity index (χ2v) is 7.75. The predicted octanol–water partition coefficient (Wildman–Crippen LogP) is 3.27. The number of carbonyl (C=O) groups excluding carboxylic acids is 1. The summed E-state index contributed by atoms with van der Waals surface area (Å²) >= 11 is 1.44. The van der Waals surface area contributed by atoms with E-state index in [0.717, 1.165) is 46.7 Å². The molecule has 2 aromatic heterocycles. The van der Waals surface area contributed by atoms with Crippen molar-refractivity contribution in [3.05, 3.63) is 29.3 Å². The van der Waals surface area contributed by atoms with Crippen molar-refractivity contribution in [2.45, 2.75) is 19.9 Å². The molecule has 0 radical (unpaired) electrons. The number of amides is 1. The molecule has 1 aliphatic heterocycles. The van der Waals surface area contributed by atoms with E-state index in [1.54, 1.807) is 7.11 Å². The van der Waals surface area contributed by atoms with Gasteiger partial charge in [-0.05, 0) is 32.0 Å². The standard InChI is InChI=1S/C20H24N4O3S/c1-12-18(15-10-14(26-3)4-5-16(15)21-12)17-11-28-20(22-17)23-19(25)13(2)24-6-8-27-9-7-24/h4-5,10-11,13,21H,6-9H2,1-3H3,(H,22,23,25)/t13-/m1/s1. The number of fused-ring (bicyclic) bond motifs is 1. The molecule has 1 aromatic carbocycles. The number of hydrogen-bond donors (Lipinski definition) is 2. The van der Waals surface area contributed by atoms with Crippen molar-refractivity contribution in [1.82, 2.24) is 14.9 Å². The highest BCUT2D eigenvalue weighted by atomic mass is 32.1. The molecule has 3 aromatic rings. The lowest BCUT2D eigenvalue weighted by Gasteiger charge is -2.31. The molecular weight excluding hydrogens is 376 g/mol. The summed E-state index contributed by atoms with van der Waals surface area (Å²) in [6, 6.07) is 5.73. The highest BCUT2D eigenvalue weighted by Crippen LogP contribution is 2.35. The summed E-state index contributed by atoms with van der Waals surface area (Å²) in [4.78, 5) is 22.8. The number of hydrogen-bond acceptors (Lipinski definition) is 6. The summed E-state index contributed by atoms with van der Waals surface area (Å²) in [7, 11) is 1.66. The number of aromatic nitrogens is 2. The molecule has 0 unspecified atom stereocenters. The summed E-state index contributed by atoms with van der Waals surface area (Å²) in [6.45, 7) is 6.83. The minimum absolute atomic E-state index is 0.0416. The van der Waals surface area contributed by atoms with Crippen LogP contribution in [-0.2, 0) is 9.53 Å². The Labute approximate surface area is 167 Å². The Hall–Kier alpha value is -2.42. The van der Waals surface area contributed by atoms with E-state index in [9.17, 15) is 4.79 Å². The Morgan fingerprint density at radius 2 is 2.18 bits per heavy atom. The highest BCUT2D eigenvalue weighted by molar-refractivity contribution is 7.14. The normalized spacial score (nSPS) is 16.2. The maximum absolute atomic E-state index is 12.6. The number of ether oxygens (including phenoxy) is 2. The number of benzene rings is 1. The monoisotopic (exact) mass is 400 g/mol. The van der Waals surface area contributed by atoms with Crippen LogP contribution in [-0.4, -0.2) is 60.2 Å². The Kier molecular flexibility index (Phi) is 5.34. The van der Waals surface area contributed by atoms with E-state index in [-0.39, 0.29) is 11.9 Å². The molecule has 1 fully saturated rings.